The largest absolute Gasteiger partial charge is 0.508 e. The number of nitriles is 1. The Morgan fingerprint density at radius 3 is 2.59 bits per heavy atom. The van der Waals surface area contributed by atoms with Crippen molar-refractivity contribution in [2.24, 2.45) is 5.41 Å². The average molecular weight is 667 g/mol. The molecule has 2 N–H and O–H groups in total. The van der Waals surface area contributed by atoms with Crippen LogP contribution in [0.3, 0.4) is 0 Å². The maximum Gasteiger partial charge on any atom is 0.319 e. The van der Waals surface area contributed by atoms with Crippen LogP contribution in [-0.4, -0.2) is 76.3 Å². The third-order valence-corrected chi connectivity index (χ3v) is 11.2. The molecule has 5 aliphatic rings. The molecule has 49 heavy (non-hydrogen) atoms. The first-order valence-corrected chi connectivity index (χ1v) is 16.3. The van der Waals surface area contributed by atoms with E-state index in [9.17, 15) is 23.5 Å². The third-order valence-electron chi connectivity index (χ3n) is 11.2. The monoisotopic (exact) mass is 666 g/mol. The van der Waals surface area contributed by atoms with Gasteiger partial charge in [0.1, 0.15) is 29.5 Å². The summed E-state index contributed by atoms with van der Waals surface area (Å²) >= 11 is 0. The van der Waals surface area contributed by atoms with Gasteiger partial charge in [0.05, 0.1) is 28.2 Å². The molecular formula is C37H30F4N6O2. The molecule has 9 rings (SSSR count). The maximum absolute atomic E-state index is 17.2. The van der Waals surface area contributed by atoms with Crippen LogP contribution < -0.4 is 15.0 Å². The number of aromatic hydroxyl groups is 1. The van der Waals surface area contributed by atoms with Gasteiger partial charge in [-0.3, -0.25) is 4.90 Å². The topological polar surface area (TPSA) is 97.5 Å². The van der Waals surface area contributed by atoms with Crippen LogP contribution in [0.15, 0.2) is 42.5 Å². The molecule has 12 heteroatoms. The summed E-state index contributed by atoms with van der Waals surface area (Å²) < 4.78 is 67.3. The lowest BCUT2D eigenvalue weighted by Crippen LogP contribution is -2.51. The van der Waals surface area contributed by atoms with E-state index in [1.54, 1.807) is 0 Å². The van der Waals surface area contributed by atoms with Crippen LogP contribution >= 0.6 is 0 Å². The number of ether oxygens (including phenoxy) is 1. The van der Waals surface area contributed by atoms with E-state index in [1.165, 1.54) is 30.3 Å². The molecule has 0 unspecified atom stereocenters. The van der Waals surface area contributed by atoms with E-state index in [0.717, 1.165) is 12.8 Å². The Labute approximate surface area is 279 Å². The average Bonchev–Trinajstić information content (AvgIpc) is 3.40. The number of terminal acetylenes is 1. The Hall–Kier alpha value is -4.91. The lowest BCUT2D eigenvalue weighted by atomic mass is 9.90. The zero-order valence-corrected chi connectivity index (χ0v) is 26.2. The fourth-order valence-corrected chi connectivity index (χ4v) is 8.79. The molecule has 4 fully saturated rings. The van der Waals surface area contributed by atoms with Gasteiger partial charge in [-0.05, 0) is 54.5 Å². The Kier molecular flexibility index (Phi) is 6.34. The predicted molar refractivity (Wildman–Crippen MR) is 174 cm³/mol. The highest BCUT2D eigenvalue weighted by atomic mass is 19.3. The van der Waals surface area contributed by atoms with Crippen LogP contribution in [0.4, 0.5) is 23.4 Å². The van der Waals surface area contributed by atoms with Crippen molar-refractivity contribution in [1.82, 2.24) is 20.2 Å². The lowest BCUT2D eigenvalue weighted by Gasteiger charge is -2.34. The third kappa shape index (κ3) is 4.43. The molecule has 2 bridgehead atoms. The second-order valence-electron chi connectivity index (χ2n) is 14.2. The van der Waals surface area contributed by atoms with Crippen molar-refractivity contribution >= 4 is 27.5 Å². The number of phenols is 1. The Morgan fingerprint density at radius 2 is 1.88 bits per heavy atom. The van der Waals surface area contributed by atoms with Crippen molar-refractivity contribution in [2.75, 3.05) is 37.7 Å². The number of benzene rings is 3. The second-order valence-corrected chi connectivity index (χ2v) is 14.2. The number of rotatable bonds is 5. The van der Waals surface area contributed by atoms with Gasteiger partial charge >= 0.3 is 6.01 Å². The Balaban J connectivity index is 1.21. The number of nitrogens with one attached hydrogen (secondary N) is 1. The van der Waals surface area contributed by atoms with Crippen LogP contribution in [0.5, 0.6) is 11.8 Å². The minimum absolute atomic E-state index is 0.00810. The molecule has 5 heterocycles. The van der Waals surface area contributed by atoms with Gasteiger partial charge in [0.15, 0.2) is 5.82 Å². The molecule has 8 nitrogen and oxygen atoms in total. The molecule has 1 spiro atoms. The maximum atomic E-state index is 17.2. The number of hydrogen-bond acceptors (Lipinski definition) is 8. The SMILES string of the molecule is C#Cc1c(F)ccc2cc(O)cc(-c3c(C#N)cc4c(N5C[C@H]6CC[C@@H](C5)N6)nc(OC[C@]56C=CCN5C[C@]5(CC5(F)F)C6)nc4c3F)c12. The summed E-state index contributed by atoms with van der Waals surface area (Å²) in [4.78, 5) is 13.3. The molecule has 248 valence electrons. The van der Waals surface area contributed by atoms with E-state index in [-0.39, 0.29) is 88.4 Å². The number of halogens is 4. The van der Waals surface area contributed by atoms with Gasteiger partial charge in [-0.2, -0.15) is 15.2 Å². The van der Waals surface area contributed by atoms with Crippen molar-refractivity contribution in [3.63, 3.8) is 0 Å². The molecule has 4 atom stereocenters. The van der Waals surface area contributed by atoms with Gasteiger partial charge < -0.3 is 20.1 Å². The summed E-state index contributed by atoms with van der Waals surface area (Å²) in [5, 5.41) is 25.4. The van der Waals surface area contributed by atoms with Gasteiger partial charge in [0.2, 0.25) is 0 Å². The molecule has 1 aliphatic carbocycles. The van der Waals surface area contributed by atoms with E-state index < -0.39 is 28.5 Å². The number of piperazine rings is 1. The summed E-state index contributed by atoms with van der Waals surface area (Å²) in [6, 6.07) is 9.12. The molecule has 0 radical (unpaired) electrons. The van der Waals surface area contributed by atoms with Gasteiger partial charge in [0, 0.05) is 61.0 Å². The number of phenolic OH excluding ortho intramolecular Hbond substituents is 1. The van der Waals surface area contributed by atoms with Crippen molar-refractivity contribution in [2.45, 2.75) is 49.2 Å². The van der Waals surface area contributed by atoms with E-state index >= 15 is 4.39 Å². The smallest absolute Gasteiger partial charge is 0.319 e. The predicted octanol–water partition coefficient (Wildman–Crippen LogP) is 5.65. The zero-order chi connectivity index (χ0) is 33.9. The summed E-state index contributed by atoms with van der Waals surface area (Å²) in [5.41, 5.74) is -2.36. The van der Waals surface area contributed by atoms with Gasteiger partial charge in [0.25, 0.3) is 5.92 Å². The number of nitrogens with zero attached hydrogens (tertiary/aromatic N) is 5. The standard InChI is InChI=1S/C37H30F4N6O2/c1-2-25-28(38)7-4-20-10-24(48)12-26(29(20)25)30-21(13-42)11-27-32(31(30)39)44-34(45-33(27)46-14-22-5-6-23(15-46)43-22)49-19-36-8-3-9-47(36)18-35(16-36)17-37(35,40)41/h1,3-4,7-8,10-12,22-23,43,48H,5-6,9,14-19H2/t22-,23+,35-,36-/m1/s1. The van der Waals surface area contributed by atoms with Crippen LogP contribution in [0, 0.1) is 40.7 Å². The summed E-state index contributed by atoms with van der Waals surface area (Å²) in [6.07, 6.45) is 11.6. The normalized spacial score (nSPS) is 27.9. The van der Waals surface area contributed by atoms with E-state index in [4.69, 9.17) is 16.1 Å². The Morgan fingerprint density at radius 1 is 1.10 bits per heavy atom. The number of aromatic nitrogens is 2. The van der Waals surface area contributed by atoms with Crippen LogP contribution in [-0.2, 0) is 0 Å². The van der Waals surface area contributed by atoms with Gasteiger partial charge in [-0.1, -0.05) is 24.1 Å². The van der Waals surface area contributed by atoms with E-state index in [1.807, 2.05) is 22.0 Å². The number of fused-ring (bicyclic) bond motifs is 5. The fraction of sp³-hybridized carbons (Fsp3) is 0.378. The van der Waals surface area contributed by atoms with Crippen LogP contribution in [0.25, 0.3) is 32.8 Å². The number of alkyl halides is 2. The zero-order valence-electron chi connectivity index (χ0n) is 26.2. The van der Waals surface area contributed by atoms with Gasteiger partial charge in [-0.25, -0.2) is 17.6 Å². The first-order valence-electron chi connectivity index (χ1n) is 16.3. The summed E-state index contributed by atoms with van der Waals surface area (Å²) in [5.74, 6) is -1.82. The molecule has 1 aromatic heterocycles. The second kappa shape index (κ2) is 10.3. The van der Waals surface area contributed by atoms with Crippen molar-refractivity contribution in [3.05, 3.63) is 65.2 Å². The first-order chi connectivity index (χ1) is 23.5. The molecule has 4 aromatic rings. The lowest BCUT2D eigenvalue weighted by molar-refractivity contribution is 0.0663. The highest BCUT2D eigenvalue weighted by Gasteiger charge is 2.76. The fourth-order valence-electron chi connectivity index (χ4n) is 8.79. The highest BCUT2D eigenvalue weighted by Crippen LogP contribution is 2.68. The highest BCUT2D eigenvalue weighted by molar-refractivity contribution is 6.05. The number of hydrogen-bond donors (Lipinski definition) is 2. The summed E-state index contributed by atoms with van der Waals surface area (Å²) in [7, 11) is 0. The first kappa shape index (κ1) is 30.2. The van der Waals surface area contributed by atoms with E-state index in [2.05, 4.69) is 22.3 Å². The van der Waals surface area contributed by atoms with Crippen LogP contribution in [0.2, 0.25) is 0 Å². The number of anilines is 1. The molecule has 0 amide bonds. The minimum atomic E-state index is -2.72. The van der Waals surface area contributed by atoms with Crippen molar-refractivity contribution in [3.8, 4) is 41.3 Å². The quantitative estimate of drug-likeness (QED) is 0.161. The molecular weight excluding hydrogens is 636 g/mol. The van der Waals surface area contributed by atoms with Crippen molar-refractivity contribution < 1.29 is 27.4 Å². The van der Waals surface area contributed by atoms with Crippen molar-refractivity contribution in [1.29, 1.82) is 5.26 Å². The minimum Gasteiger partial charge on any atom is -0.508 e. The molecule has 3 saturated heterocycles. The Bertz CT molecular complexity index is 2220. The summed E-state index contributed by atoms with van der Waals surface area (Å²) in [6.45, 7) is 1.96. The molecule has 3 aromatic carbocycles. The van der Waals surface area contributed by atoms with Gasteiger partial charge in [-0.15, -0.1) is 6.42 Å². The van der Waals surface area contributed by atoms with Crippen LogP contribution in [0.1, 0.15) is 36.8 Å². The van der Waals surface area contributed by atoms with E-state index in [0.29, 0.717) is 30.8 Å². The molecule has 4 aliphatic heterocycles. The molecule has 1 saturated carbocycles.